The van der Waals surface area contributed by atoms with Crippen molar-refractivity contribution in [1.82, 2.24) is 15.4 Å². The number of aromatic nitrogens is 1. The Morgan fingerprint density at radius 1 is 1.24 bits per heavy atom. The first-order valence-electron chi connectivity index (χ1n) is 9.68. The Labute approximate surface area is 173 Å². The van der Waals surface area contributed by atoms with E-state index in [0.717, 1.165) is 22.6 Å². The van der Waals surface area contributed by atoms with Gasteiger partial charge in [0, 0.05) is 36.4 Å². The van der Waals surface area contributed by atoms with Gasteiger partial charge in [-0.15, -0.1) is 11.3 Å². The lowest BCUT2D eigenvalue weighted by atomic mass is 9.89. The van der Waals surface area contributed by atoms with Crippen molar-refractivity contribution in [2.24, 2.45) is 0 Å². The highest BCUT2D eigenvalue weighted by molar-refractivity contribution is 7.09. The second-order valence-electron chi connectivity index (χ2n) is 7.29. The van der Waals surface area contributed by atoms with Crippen molar-refractivity contribution in [3.63, 3.8) is 0 Å². The lowest BCUT2D eigenvalue weighted by Crippen LogP contribution is -2.58. The van der Waals surface area contributed by atoms with Crippen molar-refractivity contribution in [2.45, 2.75) is 38.3 Å². The third kappa shape index (κ3) is 3.96. The number of hydrogen-bond donors (Lipinski definition) is 1. The Morgan fingerprint density at radius 2 is 2.07 bits per heavy atom. The fourth-order valence-electron chi connectivity index (χ4n) is 4.01. The molecule has 6 nitrogen and oxygen atoms in total. The van der Waals surface area contributed by atoms with Gasteiger partial charge in [0.2, 0.25) is 11.8 Å². The minimum absolute atomic E-state index is 0.100. The largest absolute Gasteiger partial charge is 0.361 e. The van der Waals surface area contributed by atoms with Crippen molar-refractivity contribution in [2.75, 3.05) is 6.54 Å². The summed E-state index contributed by atoms with van der Waals surface area (Å²) < 4.78 is 5.57. The molecule has 0 aliphatic carbocycles. The summed E-state index contributed by atoms with van der Waals surface area (Å²) in [6.45, 7) is 2.54. The summed E-state index contributed by atoms with van der Waals surface area (Å²) >= 11 is 1.59. The number of likely N-dealkylation sites (tertiary alicyclic amines) is 1. The van der Waals surface area contributed by atoms with Crippen molar-refractivity contribution in [3.8, 4) is 11.3 Å². The van der Waals surface area contributed by atoms with Crippen LogP contribution in [0.1, 0.15) is 30.4 Å². The van der Waals surface area contributed by atoms with E-state index in [1.165, 1.54) is 6.92 Å². The Morgan fingerprint density at radius 3 is 2.79 bits per heavy atom. The molecule has 1 aliphatic heterocycles. The second-order valence-corrected chi connectivity index (χ2v) is 8.32. The maximum absolute atomic E-state index is 13.3. The van der Waals surface area contributed by atoms with E-state index in [1.807, 2.05) is 53.9 Å². The predicted octanol–water partition coefficient (Wildman–Crippen LogP) is 3.64. The summed E-state index contributed by atoms with van der Waals surface area (Å²) in [5.74, 6) is 0.358. The van der Waals surface area contributed by atoms with E-state index < -0.39 is 5.54 Å². The van der Waals surface area contributed by atoms with Crippen LogP contribution in [0.3, 0.4) is 0 Å². The number of thiophene rings is 1. The van der Waals surface area contributed by atoms with Crippen LogP contribution in [0.2, 0.25) is 0 Å². The zero-order valence-electron chi connectivity index (χ0n) is 16.3. The molecule has 3 heterocycles. The molecule has 1 fully saturated rings. The molecule has 0 radical (unpaired) electrons. The summed E-state index contributed by atoms with van der Waals surface area (Å²) in [7, 11) is 0. The van der Waals surface area contributed by atoms with Gasteiger partial charge in [-0.3, -0.25) is 9.59 Å². The van der Waals surface area contributed by atoms with Crippen LogP contribution in [0.15, 0.2) is 58.4 Å². The van der Waals surface area contributed by atoms with Gasteiger partial charge in [-0.25, -0.2) is 0 Å². The van der Waals surface area contributed by atoms with E-state index in [-0.39, 0.29) is 11.8 Å². The first kappa shape index (κ1) is 19.4. The molecule has 0 spiro atoms. The molecule has 2 amide bonds. The Hall–Kier alpha value is -2.93. The van der Waals surface area contributed by atoms with Gasteiger partial charge >= 0.3 is 0 Å². The van der Waals surface area contributed by atoms with Gasteiger partial charge in [0.1, 0.15) is 17.0 Å². The molecule has 29 heavy (non-hydrogen) atoms. The van der Waals surface area contributed by atoms with E-state index in [0.29, 0.717) is 31.7 Å². The lowest BCUT2D eigenvalue weighted by Gasteiger charge is -2.36. The minimum atomic E-state index is -0.948. The van der Waals surface area contributed by atoms with Crippen LogP contribution in [0.4, 0.5) is 0 Å². The zero-order chi connectivity index (χ0) is 20.3. The number of nitrogens with one attached hydrogen (secondary N) is 1. The number of nitrogens with zero attached hydrogens (tertiary/aromatic N) is 2. The van der Waals surface area contributed by atoms with Crippen LogP contribution in [0.5, 0.6) is 0 Å². The highest BCUT2D eigenvalue weighted by atomic mass is 32.1. The van der Waals surface area contributed by atoms with E-state index in [2.05, 4.69) is 10.5 Å². The van der Waals surface area contributed by atoms with Crippen molar-refractivity contribution < 1.29 is 14.1 Å². The van der Waals surface area contributed by atoms with Crippen molar-refractivity contribution >= 4 is 23.2 Å². The third-order valence-electron chi connectivity index (χ3n) is 5.39. The summed E-state index contributed by atoms with van der Waals surface area (Å²) in [5.41, 5.74) is 0.729. The van der Waals surface area contributed by atoms with Gasteiger partial charge < -0.3 is 14.7 Å². The Kier molecular flexibility index (Phi) is 5.49. The lowest BCUT2D eigenvalue weighted by molar-refractivity contribution is -0.144. The van der Waals surface area contributed by atoms with Gasteiger partial charge in [0.15, 0.2) is 0 Å². The molecule has 1 aliphatic rings. The summed E-state index contributed by atoms with van der Waals surface area (Å²) in [4.78, 5) is 28.4. The smallest absolute Gasteiger partial charge is 0.246 e. The Bertz CT molecular complexity index is 984. The molecule has 2 aromatic heterocycles. The molecule has 0 bridgehead atoms. The average Bonchev–Trinajstić information content (AvgIpc) is 3.48. The van der Waals surface area contributed by atoms with Gasteiger partial charge in [0.05, 0.1) is 6.54 Å². The van der Waals surface area contributed by atoms with Gasteiger partial charge in [-0.1, -0.05) is 41.6 Å². The van der Waals surface area contributed by atoms with Gasteiger partial charge in [-0.05, 0) is 24.3 Å². The number of rotatable bonds is 6. The molecule has 4 rings (SSSR count). The predicted molar refractivity (Wildman–Crippen MR) is 111 cm³/mol. The molecule has 1 N–H and O–H groups in total. The molecular weight excluding hydrogens is 386 g/mol. The zero-order valence-corrected chi connectivity index (χ0v) is 17.1. The Balaban J connectivity index is 1.58. The van der Waals surface area contributed by atoms with Crippen LogP contribution in [-0.4, -0.2) is 34.0 Å². The van der Waals surface area contributed by atoms with Gasteiger partial charge in [-0.2, -0.15) is 0 Å². The van der Waals surface area contributed by atoms with Crippen LogP contribution >= 0.6 is 11.3 Å². The second kappa shape index (κ2) is 8.21. The molecule has 7 heteroatoms. The maximum Gasteiger partial charge on any atom is 0.246 e. The quantitative estimate of drug-likeness (QED) is 0.674. The van der Waals surface area contributed by atoms with E-state index >= 15 is 0 Å². The first-order chi connectivity index (χ1) is 14.1. The fraction of sp³-hybridized carbons (Fsp3) is 0.318. The molecule has 0 unspecified atom stereocenters. The van der Waals surface area contributed by atoms with E-state index in [9.17, 15) is 9.59 Å². The molecular formula is C22H23N3O3S. The van der Waals surface area contributed by atoms with Gasteiger partial charge in [0.25, 0.3) is 0 Å². The molecule has 1 atom stereocenters. The monoisotopic (exact) mass is 409 g/mol. The standard InChI is InChI=1S/C22H23N3O3S/c1-16(26)25-11-6-10-22(25,21(27)23-15-19-9-5-12-29-19)14-18-13-20(24-28-18)17-7-3-2-4-8-17/h2-5,7-9,12-13H,6,10-11,14-15H2,1H3,(H,23,27)/t22-/m1/s1. The number of carbonyl (C=O) groups excluding carboxylic acids is 2. The molecule has 150 valence electrons. The SMILES string of the molecule is CC(=O)N1CCC[C@@]1(Cc1cc(-c2ccccc2)no1)C(=O)NCc1cccs1. The van der Waals surface area contributed by atoms with Crippen molar-refractivity contribution in [3.05, 3.63) is 64.5 Å². The van der Waals surface area contributed by atoms with Crippen LogP contribution in [-0.2, 0) is 22.6 Å². The molecule has 1 aromatic carbocycles. The molecule has 0 saturated carbocycles. The summed E-state index contributed by atoms with van der Waals surface area (Å²) in [5, 5.41) is 9.17. The molecule has 3 aromatic rings. The normalized spacial score (nSPS) is 18.7. The van der Waals surface area contributed by atoms with Crippen LogP contribution in [0, 0.1) is 0 Å². The highest BCUT2D eigenvalue weighted by Gasteiger charge is 2.49. The minimum Gasteiger partial charge on any atom is -0.361 e. The topological polar surface area (TPSA) is 75.4 Å². The first-order valence-corrected chi connectivity index (χ1v) is 10.6. The highest BCUT2D eigenvalue weighted by Crippen LogP contribution is 2.34. The average molecular weight is 410 g/mol. The maximum atomic E-state index is 13.3. The number of benzene rings is 1. The van der Waals surface area contributed by atoms with E-state index in [4.69, 9.17) is 4.52 Å². The fourth-order valence-corrected chi connectivity index (χ4v) is 4.66. The summed E-state index contributed by atoms with van der Waals surface area (Å²) in [6, 6.07) is 15.6. The van der Waals surface area contributed by atoms with E-state index in [1.54, 1.807) is 16.2 Å². The van der Waals surface area contributed by atoms with Crippen molar-refractivity contribution in [1.29, 1.82) is 0 Å². The van der Waals surface area contributed by atoms with Crippen LogP contribution in [0.25, 0.3) is 11.3 Å². The third-order valence-corrected chi connectivity index (χ3v) is 6.27. The molecule has 1 saturated heterocycles. The number of amides is 2. The number of carbonyl (C=O) groups is 2. The van der Waals surface area contributed by atoms with Crippen LogP contribution < -0.4 is 5.32 Å². The summed E-state index contributed by atoms with van der Waals surface area (Å²) in [6.07, 6.45) is 1.69. The number of hydrogen-bond acceptors (Lipinski definition) is 5.